The largest absolute Gasteiger partial charge is 0.468 e. The lowest BCUT2D eigenvalue weighted by atomic mass is 9.97. The predicted molar refractivity (Wildman–Crippen MR) is 83.6 cm³/mol. The Balaban J connectivity index is 1.66. The molecule has 114 valence electrons. The fraction of sp³-hybridized carbons (Fsp3) is 0.588. The van der Waals surface area contributed by atoms with Gasteiger partial charge in [0.25, 0.3) is 0 Å². The van der Waals surface area contributed by atoms with E-state index in [9.17, 15) is 4.79 Å². The molecule has 2 aliphatic rings. The lowest BCUT2D eigenvalue weighted by Gasteiger charge is -2.31. The third-order valence-corrected chi connectivity index (χ3v) is 4.60. The van der Waals surface area contributed by atoms with Gasteiger partial charge in [-0.25, -0.2) is 0 Å². The fourth-order valence-electron chi connectivity index (χ4n) is 3.13. The Labute approximate surface area is 126 Å². The van der Waals surface area contributed by atoms with Crippen molar-refractivity contribution in [3.05, 3.63) is 29.8 Å². The van der Waals surface area contributed by atoms with Crippen LogP contribution in [0.15, 0.2) is 24.3 Å². The van der Waals surface area contributed by atoms with Gasteiger partial charge in [0.05, 0.1) is 7.11 Å². The van der Waals surface area contributed by atoms with Crippen molar-refractivity contribution in [1.29, 1.82) is 0 Å². The molecule has 1 aromatic rings. The van der Waals surface area contributed by atoms with Gasteiger partial charge in [0, 0.05) is 24.8 Å². The summed E-state index contributed by atoms with van der Waals surface area (Å²) >= 11 is 0. The quantitative estimate of drug-likeness (QED) is 0.814. The smallest absolute Gasteiger partial charge is 0.325 e. The predicted octanol–water partition coefficient (Wildman–Crippen LogP) is 2.12. The van der Waals surface area contributed by atoms with Gasteiger partial charge in [-0.15, -0.1) is 0 Å². The van der Waals surface area contributed by atoms with Gasteiger partial charge in [-0.05, 0) is 44.2 Å². The van der Waals surface area contributed by atoms with E-state index in [-0.39, 0.29) is 5.97 Å². The second-order valence-corrected chi connectivity index (χ2v) is 6.36. The van der Waals surface area contributed by atoms with Crippen molar-refractivity contribution in [3.63, 3.8) is 0 Å². The van der Waals surface area contributed by atoms with Crippen LogP contribution in [-0.2, 0) is 16.0 Å². The average Bonchev–Trinajstić information content (AvgIpc) is 3.21. The van der Waals surface area contributed by atoms with Crippen molar-refractivity contribution in [1.82, 2.24) is 5.32 Å². The molecule has 1 aliphatic carbocycles. The maximum absolute atomic E-state index is 12.1. The monoisotopic (exact) mass is 288 g/mol. The highest BCUT2D eigenvalue weighted by Crippen LogP contribution is 2.29. The Morgan fingerprint density at radius 2 is 2.19 bits per heavy atom. The van der Waals surface area contributed by atoms with E-state index in [4.69, 9.17) is 4.74 Å². The van der Waals surface area contributed by atoms with Gasteiger partial charge in [0.15, 0.2) is 0 Å². The van der Waals surface area contributed by atoms with Crippen molar-refractivity contribution in [3.8, 4) is 0 Å². The Kier molecular flexibility index (Phi) is 3.89. The zero-order valence-electron chi connectivity index (χ0n) is 12.9. The number of methoxy groups -OCH3 is 1. The Morgan fingerprint density at radius 3 is 2.90 bits per heavy atom. The SMILES string of the molecule is COC(=O)C(C)(CCN1CCc2ccccc21)NC1CC1. The second-order valence-electron chi connectivity index (χ2n) is 6.36. The number of ether oxygens (including phenoxy) is 1. The molecule has 0 radical (unpaired) electrons. The van der Waals surface area contributed by atoms with Gasteiger partial charge in [0.1, 0.15) is 5.54 Å². The van der Waals surface area contributed by atoms with Crippen LogP contribution in [0.4, 0.5) is 5.69 Å². The van der Waals surface area contributed by atoms with Crippen LogP contribution < -0.4 is 10.2 Å². The van der Waals surface area contributed by atoms with E-state index in [2.05, 4.69) is 34.5 Å². The molecule has 1 saturated carbocycles. The number of hydrogen-bond acceptors (Lipinski definition) is 4. The topological polar surface area (TPSA) is 41.6 Å². The molecule has 1 heterocycles. The van der Waals surface area contributed by atoms with Crippen molar-refractivity contribution >= 4 is 11.7 Å². The van der Waals surface area contributed by atoms with Crippen molar-refractivity contribution in [2.24, 2.45) is 0 Å². The first-order valence-electron chi connectivity index (χ1n) is 7.81. The summed E-state index contributed by atoms with van der Waals surface area (Å²) in [5.41, 5.74) is 2.15. The molecule has 1 N–H and O–H groups in total. The van der Waals surface area contributed by atoms with Crippen LogP contribution >= 0.6 is 0 Å². The summed E-state index contributed by atoms with van der Waals surface area (Å²) < 4.78 is 5.01. The maximum atomic E-state index is 12.1. The number of carbonyl (C=O) groups is 1. The molecule has 21 heavy (non-hydrogen) atoms. The van der Waals surface area contributed by atoms with E-state index in [1.807, 2.05) is 6.92 Å². The number of esters is 1. The molecule has 0 amide bonds. The van der Waals surface area contributed by atoms with E-state index in [1.54, 1.807) is 0 Å². The number of fused-ring (bicyclic) bond motifs is 1. The van der Waals surface area contributed by atoms with E-state index >= 15 is 0 Å². The van der Waals surface area contributed by atoms with Gasteiger partial charge < -0.3 is 9.64 Å². The molecule has 1 fully saturated rings. The number of carbonyl (C=O) groups excluding carboxylic acids is 1. The van der Waals surface area contributed by atoms with Gasteiger partial charge in [0.2, 0.25) is 0 Å². The van der Waals surface area contributed by atoms with Gasteiger partial charge >= 0.3 is 5.97 Å². The van der Waals surface area contributed by atoms with Crippen molar-refractivity contribution in [2.45, 2.75) is 44.2 Å². The number of para-hydroxylation sites is 1. The van der Waals surface area contributed by atoms with Gasteiger partial charge in [-0.3, -0.25) is 10.1 Å². The molecule has 1 aliphatic heterocycles. The number of anilines is 1. The minimum absolute atomic E-state index is 0.151. The van der Waals surface area contributed by atoms with Gasteiger partial charge in [-0.2, -0.15) is 0 Å². The summed E-state index contributed by atoms with van der Waals surface area (Å²) in [4.78, 5) is 14.5. The van der Waals surface area contributed by atoms with E-state index in [0.29, 0.717) is 6.04 Å². The maximum Gasteiger partial charge on any atom is 0.325 e. The van der Waals surface area contributed by atoms with Crippen LogP contribution in [0, 0.1) is 0 Å². The van der Waals surface area contributed by atoms with Crippen LogP contribution in [0.25, 0.3) is 0 Å². The third kappa shape index (κ3) is 3.05. The first kappa shape index (κ1) is 14.4. The number of benzene rings is 1. The molecular weight excluding hydrogens is 264 g/mol. The molecule has 4 nitrogen and oxygen atoms in total. The van der Waals surface area contributed by atoms with E-state index in [0.717, 1.165) is 25.9 Å². The molecule has 0 saturated heterocycles. The molecule has 0 aromatic heterocycles. The zero-order valence-corrected chi connectivity index (χ0v) is 12.9. The molecule has 4 heteroatoms. The second kappa shape index (κ2) is 5.68. The third-order valence-electron chi connectivity index (χ3n) is 4.60. The van der Waals surface area contributed by atoms with Crippen LogP contribution in [0.2, 0.25) is 0 Å². The summed E-state index contributed by atoms with van der Waals surface area (Å²) in [6.45, 7) is 3.89. The van der Waals surface area contributed by atoms with E-state index < -0.39 is 5.54 Å². The summed E-state index contributed by atoms with van der Waals surface area (Å²) in [6.07, 6.45) is 4.20. The van der Waals surface area contributed by atoms with E-state index in [1.165, 1.54) is 31.2 Å². The highest BCUT2D eigenvalue weighted by molar-refractivity contribution is 5.80. The van der Waals surface area contributed by atoms with Crippen LogP contribution in [0.1, 0.15) is 31.7 Å². The minimum Gasteiger partial charge on any atom is -0.468 e. The number of hydrogen-bond donors (Lipinski definition) is 1. The lowest BCUT2D eigenvalue weighted by Crippen LogP contribution is -2.52. The number of nitrogens with zero attached hydrogens (tertiary/aromatic N) is 1. The highest BCUT2D eigenvalue weighted by Gasteiger charge is 2.39. The molecule has 0 spiro atoms. The normalized spacial score (nSPS) is 20.0. The minimum atomic E-state index is -0.576. The first-order chi connectivity index (χ1) is 10.1. The first-order valence-corrected chi connectivity index (χ1v) is 7.81. The highest BCUT2D eigenvalue weighted by atomic mass is 16.5. The molecular formula is C17H24N2O2. The molecule has 0 bridgehead atoms. The average molecular weight is 288 g/mol. The number of rotatable bonds is 6. The van der Waals surface area contributed by atoms with Crippen molar-refractivity contribution < 1.29 is 9.53 Å². The Bertz CT molecular complexity index is 527. The van der Waals surface area contributed by atoms with Crippen LogP contribution in [0.5, 0.6) is 0 Å². The summed E-state index contributed by atoms with van der Waals surface area (Å²) in [5.74, 6) is -0.151. The molecule has 3 rings (SSSR count). The summed E-state index contributed by atoms with van der Waals surface area (Å²) in [5, 5.41) is 3.46. The summed E-state index contributed by atoms with van der Waals surface area (Å²) in [6, 6.07) is 9.03. The molecule has 1 unspecified atom stereocenters. The zero-order chi connectivity index (χ0) is 14.9. The fourth-order valence-corrected chi connectivity index (χ4v) is 3.13. The number of nitrogens with one attached hydrogen (secondary N) is 1. The van der Waals surface area contributed by atoms with Crippen LogP contribution in [0.3, 0.4) is 0 Å². The van der Waals surface area contributed by atoms with Crippen molar-refractivity contribution in [2.75, 3.05) is 25.1 Å². The molecule has 1 atom stereocenters. The van der Waals surface area contributed by atoms with Crippen LogP contribution in [-0.4, -0.2) is 37.7 Å². The van der Waals surface area contributed by atoms with Gasteiger partial charge in [-0.1, -0.05) is 18.2 Å². The Hall–Kier alpha value is -1.55. The Morgan fingerprint density at radius 1 is 1.43 bits per heavy atom. The lowest BCUT2D eigenvalue weighted by molar-refractivity contribution is -0.148. The summed E-state index contributed by atoms with van der Waals surface area (Å²) in [7, 11) is 1.47. The molecule has 1 aromatic carbocycles. The standard InChI is InChI=1S/C17H24N2O2/c1-17(16(20)21-2,18-14-7-8-14)10-12-19-11-9-13-5-3-4-6-15(13)19/h3-6,14,18H,7-12H2,1-2H3.